The molecule has 0 saturated heterocycles. The SMILES string of the molecule is CC(Cn1cccn1)n1ccnc1. The first-order chi connectivity index (χ1) is 6.36. The lowest BCUT2D eigenvalue weighted by Gasteiger charge is -2.12. The van der Waals surface area contributed by atoms with E-state index in [1.54, 1.807) is 12.4 Å². The Morgan fingerprint density at radius 1 is 1.31 bits per heavy atom. The molecule has 2 aromatic rings. The van der Waals surface area contributed by atoms with E-state index in [0.29, 0.717) is 6.04 Å². The standard InChI is InChI=1S/C9H12N4/c1-9(12-6-4-10-8-12)7-13-5-2-3-11-13/h2-6,8-9H,7H2,1H3. The van der Waals surface area contributed by atoms with Gasteiger partial charge in [-0.3, -0.25) is 4.68 Å². The largest absolute Gasteiger partial charge is 0.333 e. The zero-order chi connectivity index (χ0) is 9.10. The third kappa shape index (κ3) is 1.77. The summed E-state index contributed by atoms with van der Waals surface area (Å²) >= 11 is 0. The minimum atomic E-state index is 0.391. The van der Waals surface area contributed by atoms with Crippen LogP contribution in [0.3, 0.4) is 0 Å². The number of hydrogen-bond acceptors (Lipinski definition) is 2. The van der Waals surface area contributed by atoms with Gasteiger partial charge in [-0.25, -0.2) is 4.98 Å². The Hall–Kier alpha value is -1.58. The molecule has 1 unspecified atom stereocenters. The highest BCUT2D eigenvalue weighted by atomic mass is 15.3. The first kappa shape index (κ1) is 8.04. The van der Waals surface area contributed by atoms with Crippen molar-refractivity contribution in [2.24, 2.45) is 0 Å². The van der Waals surface area contributed by atoms with Gasteiger partial charge >= 0.3 is 0 Å². The van der Waals surface area contributed by atoms with Crippen LogP contribution in [0.5, 0.6) is 0 Å². The molecule has 0 bridgehead atoms. The molecule has 2 rings (SSSR count). The molecule has 13 heavy (non-hydrogen) atoms. The van der Waals surface area contributed by atoms with Gasteiger partial charge in [0.05, 0.1) is 18.9 Å². The molecule has 0 aliphatic heterocycles. The lowest BCUT2D eigenvalue weighted by Crippen LogP contribution is -2.11. The monoisotopic (exact) mass is 176 g/mol. The smallest absolute Gasteiger partial charge is 0.0949 e. The Labute approximate surface area is 76.8 Å². The van der Waals surface area contributed by atoms with E-state index < -0.39 is 0 Å². The van der Waals surface area contributed by atoms with E-state index in [0.717, 1.165) is 6.54 Å². The fraction of sp³-hybridized carbons (Fsp3) is 0.333. The second-order valence-corrected chi connectivity index (χ2v) is 3.09. The van der Waals surface area contributed by atoms with Crippen molar-refractivity contribution in [3.63, 3.8) is 0 Å². The molecule has 0 aliphatic carbocycles. The molecule has 0 saturated carbocycles. The fourth-order valence-electron chi connectivity index (χ4n) is 1.30. The van der Waals surface area contributed by atoms with Crippen molar-refractivity contribution >= 4 is 0 Å². The maximum absolute atomic E-state index is 4.15. The molecule has 1 atom stereocenters. The minimum absolute atomic E-state index is 0.391. The summed E-state index contributed by atoms with van der Waals surface area (Å²) in [5, 5.41) is 4.15. The number of rotatable bonds is 3. The molecule has 4 heteroatoms. The third-order valence-electron chi connectivity index (χ3n) is 2.04. The van der Waals surface area contributed by atoms with Crippen molar-refractivity contribution in [3.8, 4) is 0 Å². The second kappa shape index (κ2) is 3.43. The topological polar surface area (TPSA) is 35.6 Å². The maximum atomic E-state index is 4.15. The number of nitrogens with zero attached hydrogens (tertiary/aromatic N) is 4. The van der Waals surface area contributed by atoms with Crippen molar-refractivity contribution in [1.82, 2.24) is 19.3 Å². The van der Waals surface area contributed by atoms with Crippen LogP contribution in [0.2, 0.25) is 0 Å². The van der Waals surface area contributed by atoms with Crippen LogP contribution in [0.1, 0.15) is 13.0 Å². The predicted molar refractivity (Wildman–Crippen MR) is 49.2 cm³/mol. The molecule has 0 N–H and O–H groups in total. The van der Waals surface area contributed by atoms with Gasteiger partial charge in [-0.1, -0.05) is 0 Å². The lowest BCUT2D eigenvalue weighted by atomic mass is 10.3. The maximum Gasteiger partial charge on any atom is 0.0949 e. The number of hydrogen-bond donors (Lipinski definition) is 0. The molecule has 68 valence electrons. The quantitative estimate of drug-likeness (QED) is 0.707. The van der Waals surface area contributed by atoms with Crippen molar-refractivity contribution in [3.05, 3.63) is 37.2 Å². The van der Waals surface area contributed by atoms with Crippen LogP contribution in [0.25, 0.3) is 0 Å². The first-order valence-corrected chi connectivity index (χ1v) is 4.31. The van der Waals surface area contributed by atoms with E-state index in [1.807, 2.05) is 29.5 Å². The molecule has 4 nitrogen and oxygen atoms in total. The second-order valence-electron chi connectivity index (χ2n) is 3.09. The molecule has 2 heterocycles. The molecular formula is C9H12N4. The van der Waals surface area contributed by atoms with Crippen molar-refractivity contribution in [1.29, 1.82) is 0 Å². The molecular weight excluding hydrogens is 164 g/mol. The van der Waals surface area contributed by atoms with Gasteiger partial charge in [0.25, 0.3) is 0 Å². The minimum Gasteiger partial charge on any atom is -0.333 e. The van der Waals surface area contributed by atoms with E-state index in [4.69, 9.17) is 0 Å². The van der Waals surface area contributed by atoms with Gasteiger partial charge in [0.15, 0.2) is 0 Å². The van der Waals surface area contributed by atoms with E-state index >= 15 is 0 Å². The molecule has 0 radical (unpaired) electrons. The summed E-state index contributed by atoms with van der Waals surface area (Å²) < 4.78 is 3.99. The van der Waals surface area contributed by atoms with Gasteiger partial charge < -0.3 is 4.57 Å². The van der Waals surface area contributed by atoms with Crippen LogP contribution in [-0.4, -0.2) is 19.3 Å². The van der Waals surface area contributed by atoms with E-state index in [1.165, 1.54) is 0 Å². The van der Waals surface area contributed by atoms with Crippen LogP contribution in [0.15, 0.2) is 37.2 Å². The third-order valence-corrected chi connectivity index (χ3v) is 2.04. The molecule has 0 amide bonds. The van der Waals surface area contributed by atoms with Gasteiger partial charge in [-0.05, 0) is 13.0 Å². The van der Waals surface area contributed by atoms with Gasteiger partial charge in [0.1, 0.15) is 0 Å². The van der Waals surface area contributed by atoms with Crippen LogP contribution in [-0.2, 0) is 6.54 Å². The van der Waals surface area contributed by atoms with E-state index in [-0.39, 0.29) is 0 Å². The Kier molecular flexibility index (Phi) is 2.12. The highest BCUT2D eigenvalue weighted by molar-refractivity contribution is 4.82. The summed E-state index contributed by atoms with van der Waals surface area (Å²) in [6.45, 7) is 3.02. The Morgan fingerprint density at radius 3 is 2.85 bits per heavy atom. The summed E-state index contributed by atoms with van der Waals surface area (Å²) in [5.74, 6) is 0. The van der Waals surface area contributed by atoms with E-state index in [9.17, 15) is 0 Å². The highest BCUT2D eigenvalue weighted by Gasteiger charge is 2.03. The molecule has 0 spiro atoms. The zero-order valence-corrected chi connectivity index (χ0v) is 7.54. The predicted octanol–water partition coefficient (Wildman–Crippen LogP) is 1.34. The van der Waals surface area contributed by atoms with Crippen LogP contribution >= 0.6 is 0 Å². The van der Waals surface area contributed by atoms with Crippen molar-refractivity contribution < 1.29 is 0 Å². The summed E-state index contributed by atoms with van der Waals surface area (Å²) in [6.07, 6.45) is 9.34. The summed E-state index contributed by atoms with van der Waals surface area (Å²) in [5.41, 5.74) is 0. The molecule has 0 aliphatic rings. The van der Waals surface area contributed by atoms with Crippen LogP contribution in [0, 0.1) is 0 Å². The number of aromatic nitrogens is 4. The summed E-state index contributed by atoms with van der Waals surface area (Å²) in [4.78, 5) is 4.01. The highest BCUT2D eigenvalue weighted by Crippen LogP contribution is 2.06. The normalized spacial score (nSPS) is 13.0. The Morgan fingerprint density at radius 2 is 2.23 bits per heavy atom. The van der Waals surface area contributed by atoms with Crippen LogP contribution < -0.4 is 0 Å². The fourth-order valence-corrected chi connectivity index (χ4v) is 1.30. The van der Waals surface area contributed by atoms with Crippen molar-refractivity contribution in [2.75, 3.05) is 0 Å². The Balaban J connectivity index is 2.04. The van der Waals surface area contributed by atoms with Gasteiger partial charge in [0.2, 0.25) is 0 Å². The average Bonchev–Trinajstić information content (AvgIpc) is 2.74. The van der Waals surface area contributed by atoms with Crippen LogP contribution in [0.4, 0.5) is 0 Å². The van der Waals surface area contributed by atoms with Gasteiger partial charge in [0, 0.05) is 24.8 Å². The van der Waals surface area contributed by atoms with Crippen molar-refractivity contribution in [2.45, 2.75) is 19.5 Å². The zero-order valence-electron chi connectivity index (χ0n) is 7.54. The molecule has 2 aromatic heterocycles. The number of imidazole rings is 1. The van der Waals surface area contributed by atoms with Gasteiger partial charge in [-0.15, -0.1) is 0 Å². The summed E-state index contributed by atoms with van der Waals surface area (Å²) in [7, 11) is 0. The van der Waals surface area contributed by atoms with Gasteiger partial charge in [-0.2, -0.15) is 5.10 Å². The van der Waals surface area contributed by atoms with E-state index in [2.05, 4.69) is 21.6 Å². The molecule has 0 fully saturated rings. The first-order valence-electron chi connectivity index (χ1n) is 4.31. The average molecular weight is 176 g/mol. The Bertz CT molecular complexity index is 336. The molecule has 0 aromatic carbocycles. The summed E-state index contributed by atoms with van der Waals surface area (Å²) in [6, 6.07) is 2.32. The lowest BCUT2D eigenvalue weighted by molar-refractivity contribution is 0.437.